The molecule has 0 bridgehead atoms. The molecule has 0 saturated heterocycles. The number of hydrogen-bond acceptors (Lipinski definition) is 5. The van der Waals surface area contributed by atoms with Gasteiger partial charge in [0, 0.05) is 17.6 Å². The summed E-state index contributed by atoms with van der Waals surface area (Å²) in [4.78, 5) is 0. The molecule has 0 fully saturated rings. The zero-order chi connectivity index (χ0) is 13.3. The van der Waals surface area contributed by atoms with Crippen LogP contribution in [0.25, 0.3) is 0 Å². The molecule has 2 aromatic heterocycles. The maximum Gasteiger partial charge on any atom is 0.253 e. The van der Waals surface area contributed by atoms with Crippen LogP contribution in [-0.2, 0) is 16.6 Å². The Bertz CT molecular complexity index is 648. The third-order valence-electron chi connectivity index (χ3n) is 2.29. The van der Waals surface area contributed by atoms with E-state index in [0.29, 0.717) is 20.1 Å². The van der Waals surface area contributed by atoms with Gasteiger partial charge in [-0.15, -0.1) is 11.3 Å². The summed E-state index contributed by atoms with van der Waals surface area (Å²) in [6.45, 7) is 1.95. The molecule has 0 aliphatic rings. The van der Waals surface area contributed by atoms with Crippen molar-refractivity contribution in [3.63, 3.8) is 0 Å². The highest BCUT2D eigenvalue weighted by Gasteiger charge is 2.25. The molecule has 2 aromatic rings. The van der Waals surface area contributed by atoms with E-state index in [2.05, 4.69) is 21.1 Å². The van der Waals surface area contributed by atoms with Crippen molar-refractivity contribution in [2.75, 3.05) is 7.05 Å². The summed E-state index contributed by atoms with van der Waals surface area (Å²) in [5.41, 5.74) is 0.589. The summed E-state index contributed by atoms with van der Waals surface area (Å²) in [5, 5.41) is 5.51. The highest BCUT2D eigenvalue weighted by atomic mass is 79.9. The first-order valence-electron chi connectivity index (χ1n) is 5.03. The summed E-state index contributed by atoms with van der Waals surface area (Å²) in [5.74, 6) is 0.660. The van der Waals surface area contributed by atoms with Gasteiger partial charge in [-0.25, -0.2) is 8.42 Å². The molecule has 0 saturated carbocycles. The first-order valence-corrected chi connectivity index (χ1v) is 8.14. The van der Waals surface area contributed by atoms with Gasteiger partial charge in [0.1, 0.15) is 9.97 Å². The van der Waals surface area contributed by atoms with Gasteiger partial charge in [0.05, 0.1) is 12.2 Å². The van der Waals surface area contributed by atoms with Crippen LogP contribution in [0.15, 0.2) is 30.7 Å². The Hall–Kier alpha value is -0.700. The second-order valence-electron chi connectivity index (χ2n) is 3.75. The van der Waals surface area contributed by atoms with Gasteiger partial charge in [0.15, 0.2) is 0 Å². The molecule has 0 aliphatic carbocycles. The molecule has 2 heterocycles. The lowest BCUT2D eigenvalue weighted by molar-refractivity contribution is 0.378. The topological polar surface area (TPSA) is 63.4 Å². The van der Waals surface area contributed by atoms with E-state index >= 15 is 0 Å². The molecule has 0 unspecified atom stereocenters. The van der Waals surface area contributed by atoms with E-state index in [4.69, 9.17) is 4.52 Å². The summed E-state index contributed by atoms with van der Waals surface area (Å²) in [6.07, 6.45) is 0. The van der Waals surface area contributed by atoms with Gasteiger partial charge < -0.3 is 4.52 Å². The third-order valence-corrected chi connectivity index (χ3v) is 6.74. The highest BCUT2D eigenvalue weighted by Crippen LogP contribution is 2.30. The van der Waals surface area contributed by atoms with Gasteiger partial charge in [-0.05, 0) is 34.3 Å². The molecule has 98 valence electrons. The monoisotopic (exact) mass is 350 g/mol. The number of aryl methyl sites for hydroxylation is 1. The Morgan fingerprint density at radius 1 is 1.56 bits per heavy atom. The second-order valence-corrected chi connectivity index (χ2v) is 7.76. The summed E-state index contributed by atoms with van der Waals surface area (Å²) in [7, 11) is -1.97. The minimum Gasteiger partial charge on any atom is -0.361 e. The molecule has 0 radical (unpaired) electrons. The van der Waals surface area contributed by atoms with Crippen LogP contribution in [0.3, 0.4) is 0 Å². The fraction of sp³-hybridized carbons (Fsp3) is 0.300. The molecule has 2 rings (SSSR count). The van der Waals surface area contributed by atoms with E-state index in [0.717, 1.165) is 0 Å². The van der Waals surface area contributed by atoms with Gasteiger partial charge >= 0.3 is 0 Å². The number of aromatic nitrogens is 1. The molecular formula is C10H11BrN2O3S2. The zero-order valence-electron chi connectivity index (χ0n) is 9.75. The molecule has 0 N–H and O–H groups in total. The Morgan fingerprint density at radius 3 is 2.78 bits per heavy atom. The number of thiophene rings is 1. The predicted octanol–water partition coefficient (Wildman–Crippen LogP) is 2.63. The van der Waals surface area contributed by atoms with Crippen molar-refractivity contribution >= 4 is 37.3 Å². The molecule has 0 aromatic carbocycles. The van der Waals surface area contributed by atoms with Crippen molar-refractivity contribution in [3.05, 3.63) is 33.4 Å². The average Bonchev–Trinajstić information content (AvgIpc) is 2.87. The second kappa shape index (κ2) is 5.12. The van der Waals surface area contributed by atoms with E-state index in [9.17, 15) is 8.42 Å². The normalized spacial score (nSPS) is 12.2. The lowest BCUT2D eigenvalue weighted by Crippen LogP contribution is -2.26. The summed E-state index contributed by atoms with van der Waals surface area (Å²) in [6, 6.07) is 3.43. The van der Waals surface area contributed by atoms with Gasteiger partial charge in [-0.1, -0.05) is 5.16 Å². The van der Waals surface area contributed by atoms with E-state index in [1.165, 1.54) is 22.7 Å². The first kappa shape index (κ1) is 13.7. The number of rotatable bonds is 4. The molecule has 0 aliphatic heterocycles. The lowest BCUT2D eigenvalue weighted by atomic mass is 10.4. The average molecular weight is 351 g/mol. The van der Waals surface area contributed by atoms with Gasteiger partial charge in [0.25, 0.3) is 10.0 Å². The Kier molecular flexibility index (Phi) is 3.90. The van der Waals surface area contributed by atoms with Crippen molar-refractivity contribution in [2.45, 2.75) is 17.7 Å². The van der Waals surface area contributed by atoms with E-state index < -0.39 is 10.0 Å². The Balaban J connectivity index is 2.23. The molecule has 18 heavy (non-hydrogen) atoms. The number of hydrogen-bond donors (Lipinski definition) is 0. The summed E-state index contributed by atoms with van der Waals surface area (Å²) >= 11 is 4.41. The van der Waals surface area contributed by atoms with Crippen molar-refractivity contribution < 1.29 is 12.9 Å². The fourth-order valence-corrected chi connectivity index (χ4v) is 5.06. The molecular weight excluding hydrogens is 340 g/mol. The van der Waals surface area contributed by atoms with Crippen LogP contribution in [0.1, 0.15) is 11.5 Å². The fourth-order valence-electron chi connectivity index (χ4n) is 1.41. The van der Waals surface area contributed by atoms with Crippen LogP contribution in [0.4, 0.5) is 0 Å². The van der Waals surface area contributed by atoms with Gasteiger partial charge in [-0.2, -0.15) is 4.31 Å². The maximum absolute atomic E-state index is 12.3. The summed E-state index contributed by atoms with van der Waals surface area (Å²) < 4.78 is 31.6. The van der Waals surface area contributed by atoms with Crippen LogP contribution < -0.4 is 0 Å². The van der Waals surface area contributed by atoms with Crippen LogP contribution in [0.2, 0.25) is 0 Å². The van der Waals surface area contributed by atoms with Crippen molar-refractivity contribution in [1.29, 1.82) is 0 Å². The molecule has 8 heteroatoms. The van der Waals surface area contributed by atoms with E-state index in [-0.39, 0.29) is 6.54 Å². The standard InChI is InChI=1S/C10H11BrN2O3S2/c1-7-5-8(12-16-7)6-13(2)18(14,15)10-9(11)3-4-17-10/h3-5H,6H2,1-2H3. The van der Waals surface area contributed by atoms with E-state index in [1.54, 1.807) is 24.4 Å². The predicted molar refractivity (Wildman–Crippen MR) is 71.9 cm³/mol. The highest BCUT2D eigenvalue weighted by molar-refractivity contribution is 9.10. The third kappa shape index (κ3) is 2.66. The van der Waals surface area contributed by atoms with Gasteiger partial charge in [0.2, 0.25) is 0 Å². The number of halogens is 1. The molecule has 0 amide bonds. The number of sulfonamides is 1. The smallest absolute Gasteiger partial charge is 0.253 e. The molecule has 0 spiro atoms. The Morgan fingerprint density at radius 2 is 2.28 bits per heavy atom. The lowest BCUT2D eigenvalue weighted by Gasteiger charge is -2.14. The first-order chi connectivity index (χ1) is 8.41. The molecule has 5 nitrogen and oxygen atoms in total. The maximum atomic E-state index is 12.3. The van der Waals surface area contributed by atoms with Crippen molar-refractivity contribution in [3.8, 4) is 0 Å². The molecule has 0 atom stereocenters. The minimum absolute atomic E-state index is 0.185. The van der Waals surface area contributed by atoms with Crippen LogP contribution >= 0.6 is 27.3 Å². The van der Waals surface area contributed by atoms with Crippen LogP contribution in [0, 0.1) is 6.92 Å². The Labute approximate surface area is 118 Å². The van der Waals surface area contributed by atoms with Gasteiger partial charge in [-0.3, -0.25) is 0 Å². The largest absolute Gasteiger partial charge is 0.361 e. The quantitative estimate of drug-likeness (QED) is 0.850. The SMILES string of the molecule is Cc1cc(CN(C)S(=O)(=O)c2sccc2Br)no1. The van der Waals surface area contributed by atoms with Crippen molar-refractivity contribution in [2.24, 2.45) is 0 Å². The van der Waals surface area contributed by atoms with Crippen LogP contribution in [0.5, 0.6) is 0 Å². The zero-order valence-corrected chi connectivity index (χ0v) is 13.0. The number of nitrogens with zero attached hydrogens (tertiary/aromatic N) is 2. The van der Waals surface area contributed by atoms with E-state index in [1.807, 2.05) is 0 Å². The van der Waals surface area contributed by atoms with Crippen LogP contribution in [-0.4, -0.2) is 24.9 Å². The van der Waals surface area contributed by atoms with Crippen molar-refractivity contribution in [1.82, 2.24) is 9.46 Å². The minimum atomic E-state index is -3.49.